The molecule has 46 heavy (non-hydrogen) atoms. The number of nitrogens with one attached hydrogen (secondary N) is 2. The summed E-state index contributed by atoms with van der Waals surface area (Å²) in [6, 6.07) is 10.5. The quantitative estimate of drug-likeness (QED) is 0.425. The van der Waals surface area contributed by atoms with Crippen LogP contribution < -0.4 is 19.7 Å². The highest BCUT2D eigenvalue weighted by Crippen LogP contribution is 2.47. The highest BCUT2D eigenvalue weighted by molar-refractivity contribution is 7.90. The summed E-state index contributed by atoms with van der Waals surface area (Å²) in [4.78, 5) is 29.8. The van der Waals surface area contributed by atoms with E-state index in [4.69, 9.17) is 21.1 Å². The summed E-state index contributed by atoms with van der Waals surface area (Å²) >= 11 is 6.41. The number of benzene rings is 2. The lowest BCUT2D eigenvalue weighted by Crippen LogP contribution is -2.53. The third-order valence-electron chi connectivity index (χ3n) is 10.1. The van der Waals surface area contributed by atoms with Gasteiger partial charge in [-0.1, -0.05) is 29.8 Å². The van der Waals surface area contributed by atoms with Crippen molar-refractivity contribution in [2.24, 2.45) is 11.8 Å². The molecule has 2 aliphatic carbocycles. The number of amides is 3. The number of aryl methyl sites for hydroxylation is 1. The molecule has 12 heteroatoms. The fourth-order valence-corrected chi connectivity index (χ4v) is 8.55. The standard InChI is InChI=1S/C34H43ClN4O6S/c1-33(2)31(40)37-46(42,43)25-11-14-30-29(18-25)39(20-34(21-44-30)15-5-7-22-17-24(35)10-13-27(22)34)19-23-9-12-26(23)28(8-6-16-45-33)36-32(41)38(3)4/h6,8,10-11,13-14,17-18,23,26,28H,5,7,9,12,15-16,19-21H2,1-4H3,(H,36,41)(H,37,40)/t23-,26+,28-,34-/m0/s1. The fraction of sp³-hybridized carbons (Fsp3) is 0.529. The average molecular weight is 671 g/mol. The average Bonchev–Trinajstić information content (AvgIpc) is 3.13. The van der Waals surface area contributed by atoms with Gasteiger partial charge in [-0.15, -0.1) is 0 Å². The number of nitrogens with zero attached hydrogens (tertiary/aromatic N) is 2. The van der Waals surface area contributed by atoms with Crippen LogP contribution in [0, 0.1) is 11.8 Å². The molecule has 3 amide bonds. The van der Waals surface area contributed by atoms with Crippen LogP contribution in [0.4, 0.5) is 10.5 Å². The number of sulfonamides is 1. The van der Waals surface area contributed by atoms with Crippen LogP contribution in [0.5, 0.6) is 5.75 Å². The third kappa shape index (κ3) is 6.33. The number of carbonyl (C=O) groups excluding carboxylic acids is 2. The molecule has 1 saturated carbocycles. The molecule has 4 atom stereocenters. The lowest BCUT2D eigenvalue weighted by Gasteiger charge is -2.46. The van der Waals surface area contributed by atoms with E-state index < -0.39 is 21.5 Å². The number of hydrogen-bond donors (Lipinski definition) is 2. The Morgan fingerprint density at radius 3 is 2.70 bits per heavy atom. The van der Waals surface area contributed by atoms with Gasteiger partial charge in [-0.05, 0) is 99.2 Å². The zero-order valence-electron chi connectivity index (χ0n) is 26.8. The third-order valence-corrected chi connectivity index (χ3v) is 11.6. The van der Waals surface area contributed by atoms with Crippen molar-refractivity contribution in [1.29, 1.82) is 0 Å². The highest BCUT2D eigenvalue weighted by Gasteiger charge is 2.45. The van der Waals surface area contributed by atoms with Gasteiger partial charge in [-0.3, -0.25) is 4.79 Å². The lowest BCUT2D eigenvalue weighted by molar-refractivity contribution is -0.139. The number of carbonyl (C=O) groups is 2. The number of fused-ring (bicyclic) bond motifs is 4. The molecule has 2 aromatic rings. The van der Waals surface area contributed by atoms with Crippen LogP contribution in [-0.4, -0.2) is 77.3 Å². The molecule has 4 aliphatic rings. The Hall–Kier alpha value is -3.28. The summed E-state index contributed by atoms with van der Waals surface area (Å²) < 4.78 is 41.7. The van der Waals surface area contributed by atoms with Gasteiger partial charge >= 0.3 is 6.03 Å². The van der Waals surface area contributed by atoms with Crippen molar-refractivity contribution in [1.82, 2.24) is 14.9 Å². The van der Waals surface area contributed by atoms with Crippen LogP contribution in [0.2, 0.25) is 5.02 Å². The van der Waals surface area contributed by atoms with E-state index in [0.29, 0.717) is 36.2 Å². The van der Waals surface area contributed by atoms with Crippen molar-refractivity contribution in [3.8, 4) is 5.75 Å². The van der Waals surface area contributed by atoms with Gasteiger partial charge in [0, 0.05) is 37.6 Å². The van der Waals surface area contributed by atoms with Crippen LogP contribution in [0.15, 0.2) is 53.4 Å². The molecule has 2 aromatic carbocycles. The van der Waals surface area contributed by atoms with E-state index in [-0.39, 0.29) is 40.8 Å². The second-order valence-electron chi connectivity index (χ2n) is 13.8. The number of anilines is 1. The van der Waals surface area contributed by atoms with E-state index in [2.05, 4.69) is 27.1 Å². The van der Waals surface area contributed by atoms with E-state index in [1.54, 1.807) is 32.3 Å². The Balaban J connectivity index is 1.44. The van der Waals surface area contributed by atoms with Crippen LogP contribution in [0.1, 0.15) is 50.7 Å². The van der Waals surface area contributed by atoms with E-state index in [1.165, 1.54) is 35.9 Å². The fourth-order valence-electron chi connectivity index (χ4n) is 7.24. The number of urea groups is 1. The van der Waals surface area contributed by atoms with Gasteiger partial charge < -0.3 is 24.6 Å². The normalized spacial score (nSPS) is 28.4. The molecule has 1 spiro atoms. The Morgan fingerprint density at radius 2 is 1.96 bits per heavy atom. The molecule has 0 radical (unpaired) electrons. The SMILES string of the molecule is CN(C)C(=O)N[C@H]1C=CCOC(C)(C)C(=O)NS(=O)(=O)c2ccc3c(c2)N(C[C@@H]2CC[C@H]21)C[C@@]1(CCCc2cc(Cl)ccc21)CO3. The molecule has 2 aliphatic heterocycles. The molecular formula is C34H43ClN4O6S. The molecule has 1 fully saturated rings. The van der Waals surface area contributed by atoms with Gasteiger partial charge in [0.1, 0.15) is 11.4 Å². The maximum atomic E-state index is 13.6. The van der Waals surface area contributed by atoms with Crippen molar-refractivity contribution < 1.29 is 27.5 Å². The lowest BCUT2D eigenvalue weighted by atomic mass is 9.68. The monoisotopic (exact) mass is 670 g/mol. The van der Waals surface area contributed by atoms with Crippen molar-refractivity contribution in [2.45, 2.75) is 67.9 Å². The maximum absolute atomic E-state index is 13.6. The number of hydrogen-bond acceptors (Lipinski definition) is 7. The van der Waals surface area contributed by atoms with Crippen molar-refractivity contribution in [3.05, 3.63) is 64.7 Å². The summed E-state index contributed by atoms with van der Waals surface area (Å²) in [6.45, 7) is 4.84. The topological polar surface area (TPSA) is 117 Å². The molecule has 0 unspecified atom stereocenters. The molecule has 6 rings (SSSR count). The van der Waals surface area contributed by atoms with Crippen molar-refractivity contribution >= 4 is 39.2 Å². The van der Waals surface area contributed by atoms with E-state index >= 15 is 0 Å². The summed E-state index contributed by atoms with van der Waals surface area (Å²) in [5.41, 5.74) is 1.35. The Bertz CT molecular complexity index is 1660. The van der Waals surface area contributed by atoms with Crippen LogP contribution in [0.25, 0.3) is 0 Å². The van der Waals surface area contributed by atoms with E-state index in [0.717, 1.165) is 32.1 Å². The molecule has 0 saturated heterocycles. The Morgan fingerprint density at radius 1 is 1.15 bits per heavy atom. The van der Waals surface area contributed by atoms with Crippen LogP contribution >= 0.6 is 11.6 Å². The maximum Gasteiger partial charge on any atom is 0.317 e. The first-order chi connectivity index (χ1) is 21.8. The van der Waals surface area contributed by atoms with Crippen molar-refractivity contribution in [2.75, 3.05) is 45.3 Å². The van der Waals surface area contributed by atoms with Crippen LogP contribution in [0.3, 0.4) is 0 Å². The van der Waals surface area contributed by atoms with Gasteiger partial charge in [0.05, 0.1) is 29.8 Å². The number of ether oxygens (including phenoxy) is 2. The highest BCUT2D eigenvalue weighted by atomic mass is 35.5. The zero-order chi connectivity index (χ0) is 32.9. The largest absolute Gasteiger partial charge is 0.490 e. The molecule has 0 aromatic heterocycles. The minimum absolute atomic E-state index is 0.0240. The summed E-state index contributed by atoms with van der Waals surface area (Å²) in [7, 11) is -0.790. The van der Waals surface area contributed by atoms with Crippen LogP contribution in [-0.2, 0) is 31.4 Å². The summed E-state index contributed by atoms with van der Waals surface area (Å²) in [5.74, 6) is 0.196. The minimum atomic E-state index is -4.22. The van der Waals surface area contributed by atoms with Gasteiger partial charge in [0.15, 0.2) is 0 Å². The van der Waals surface area contributed by atoms with Gasteiger partial charge in [0.25, 0.3) is 15.9 Å². The molecule has 248 valence electrons. The smallest absolute Gasteiger partial charge is 0.317 e. The molecule has 2 N–H and O–H groups in total. The first-order valence-electron chi connectivity index (χ1n) is 15.9. The van der Waals surface area contributed by atoms with Gasteiger partial charge in [-0.2, -0.15) is 0 Å². The number of halogens is 1. The second kappa shape index (κ2) is 12.4. The van der Waals surface area contributed by atoms with Gasteiger partial charge in [0.2, 0.25) is 0 Å². The van der Waals surface area contributed by atoms with Gasteiger partial charge in [-0.25, -0.2) is 17.9 Å². The second-order valence-corrected chi connectivity index (χ2v) is 15.9. The first-order valence-corrected chi connectivity index (χ1v) is 17.8. The summed E-state index contributed by atoms with van der Waals surface area (Å²) in [6.07, 6.45) is 8.48. The molecule has 10 nitrogen and oxygen atoms in total. The minimum Gasteiger partial charge on any atom is -0.490 e. The van der Waals surface area contributed by atoms with E-state index in [1.807, 2.05) is 12.1 Å². The summed E-state index contributed by atoms with van der Waals surface area (Å²) in [5, 5.41) is 3.88. The predicted molar refractivity (Wildman–Crippen MR) is 177 cm³/mol. The molecule has 2 heterocycles. The predicted octanol–water partition coefficient (Wildman–Crippen LogP) is 4.65. The molecule has 2 bridgehead atoms. The van der Waals surface area contributed by atoms with E-state index in [9.17, 15) is 18.0 Å². The zero-order valence-corrected chi connectivity index (χ0v) is 28.4. The Kier molecular flexibility index (Phi) is 8.80. The first kappa shape index (κ1) is 32.7. The molecular weight excluding hydrogens is 628 g/mol. The Labute approximate surface area is 276 Å². The number of rotatable bonds is 1. The van der Waals surface area contributed by atoms with Crippen molar-refractivity contribution in [3.63, 3.8) is 0 Å².